The van der Waals surface area contributed by atoms with E-state index in [4.69, 9.17) is 13.8 Å². The molecule has 8 heteroatoms. The SMILES string of the molecule is COc1ccccc1-c1noc(CCC(=O)N(C)[C@H](C)c2ccon2)n1. The van der Waals surface area contributed by atoms with Crippen LogP contribution in [0.5, 0.6) is 5.75 Å². The highest BCUT2D eigenvalue weighted by Crippen LogP contribution is 2.27. The lowest BCUT2D eigenvalue weighted by atomic mass is 10.2. The predicted octanol–water partition coefficient (Wildman–Crippen LogP) is 2.89. The number of hydrogen-bond donors (Lipinski definition) is 0. The standard InChI is InChI=1S/C18H20N4O4/c1-12(14-10-11-25-20-14)22(2)17(23)9-8-16-19-18(21-26-16)13-6-4-5-7-15(13)24-3/h4-7,10-12H,8-9H2,1-3H3/t12-/m1/s1. The fraction of sp³-hybridized carbons (Fsp3) is 0.333. The highest BCUT2D eigenvalue weighted by molar-refractivity contribution is 5.76. The van der Waals surface area contributed by atoms with Gasteiger partial charge in [0.05, 0.1) is 18.7 Å². The van der Waals surface area contributed by atoms with Gasteiger partial charge in [-0.25, -0.2) is 0 Å². The third-order valence-electron chi connectivity index (χ3n) is 4.23. The van der Waals surface area contributed by atoms with Crippen molar-refractivity contribution in [3.63, 3.8) is 0 Å². The van der Waals surface area contributed by atoms with Gasteiger partial charge in [0.1, 0.15) is 17.7 Å². The van der Waals surface area contributed by atoms with Gasteiger partial charge in [0.15, 0.2) is 0 Å². The number of carbonyl (C=O) groups is 1. The van der Waals surface area contributed by atoms with Gasteiger partial charge in [-0.1, -0.05) is 22.4 Å². The minimum Gasteiger partial charge on any atom is -0.496 e. The monoisotopic (exact) mass is 356 g/mol. The van der Waals surface area contributed by atoms with Crippen molar-refractivity contribution in [2.24, 2.45) is 0 Å². The molecule has 136 valence electrons. The number of nitrogens with zero attached hydrogens (tertiary/aromatic N) is 4. The molecule has 3 aromatic rings. The van der Waals surface area contributed by atoms with Crippen molar-refractivity contribution >= 4 is 5.91 Å². The van der Waals surface area contributed by atoms with Crippen LogP contribution in [0.1, 0.15) is 31.0 Å². The third-order valence-corrected chi connectivity index (χ3v) is 4.23. The average molecular weight is 356 g/mol. The number of aromatic nitrogens is 3. The van der Waals surface area contributed by atoms with Crippen LogP contribution in [0, 0.1) is 0 Å². The molecule has 3 rings (SSSR count). The van der Waals surface area contributed by atoms with Gasteiger partial charge in [-0.15, -0.1) is 0 Å². The Bertz CT molecular complexity index is 860. The number of rotatable bonds is 7. The maximum absolute atomic E-state index is 12.4. The van der Waals surface area contributed by atoms with E-state index < -0.39 is 0 Å². The molecule has 0 aliphatic heterocycles. The number of hydrogen-bond acceptors (Lipinski definition) is 7. The maximum atomic E-state index is 12.4. The Morgan fingerprint density at radius 3 is 2.81 bits per heavy atom. The van der Waals surface area contributed by atoms with Gasteiger partial charge in [0.2, 0.25) is 17.6 Å². The molecule has 26 heavy (non-hydrogen) atoms. The molecular weight excluding hydrogens is 336 g/mol. The molecule has 1 aromatic carbocycles. The molecule has 0 saturated heterocycles. The normalized spacial score (nSPS) is 12.0. The zero-order valence-corrected chi connectivity index (χ0v) is 14.9. The molecular formula is C18H20N4O4. The molecule has 0 unspecified atom stereocenters. The topological polar surface area (TPSA) is 94.5 Å². The summed E-state index contributed by atoms with van der Waals surface area (Å²) in [6.07, 6.45) is 2.10. The van der Waals surface area contributed by atoms with E-state index in [1.54, 1.807) is 25.1 Å². The highest BCUT2D eigenvalue weighted by Gasteiger charge is 2.20. The summed E-state index contributed by atoms with van der Waals surface area (Å²) in [7, 11) is 3.32. The summed E-state index contributed by atoms with van der Waals surface area (Å²) in [4.78, 5) is 18.4. The Morgan fingerprint density at radius 1 is 1.27 bits per heavy atom. The Kier molecular flexibility index (Phi) is 5.31. The van der Waals surface area contributed by atoms with E-state index in [1.807, 2.05) is 31.2 Å². The number of ether oxygens (including phenoxy) is 1. The summed E-state index contributed by atoms with van der Waals surface area (Å²) in [5.74, 6) is 1.46. The van der Waals surface area contributed by atoms with Crippen molar-refractivity contribution in [2.45, 2.75) is 25.8 Å². The molecule has 0 aliphatic carbocycles. The van der Waals surface area contributed by atoms with Crippen molar-refractivity contribution in [2.75, 3.05) is 14.2 Å². The number of carbonyl (C=O) groups excluding carboxylic acids is 1. The quantitative estimate of drug-likeness (QED) is 0.642. The van der Waals surface area contributed by atoms with Crippen molar-refractivity contribution in [1.29, 1.82) is 0 Å². The first-order valence-electron chi connectivity index (χ1n) is 8.22. The summed E-state index contributed by atoms with van der Waals surface area (Å²) in [6.45, 7) is 1.89. The lowest BCUT2D eigenvalue weighted by Gasteiger charge is -2.22. The van der Waals surface area contributed by atoms with Crippen LogP contribution in [0.2, 0.25) is 0 Å². The lowest BCUT2D eigenvalue weighted by molar-refractivity contribution is -0.131. The molecule has 8 nitrogen and oxygen atoms in total. The van der Waals surface area contributed by atoms with E-state index in [2.05, 4.69) is 15.3 Å². The van der Waals surface area contributed by atoms with Crippen LogP contribution < -0.4 is 4.74 Å². The zero-order chi connectivity index (χ0) is 18.5. The summed E-state index contributed by atoms with van der Waals surface area (Å²) >= 11 is 0. The van der Waals surface area contributed by atoms with Crippen LogP contribution in [0.4, 0.5) is 0 Å². The van der Waals surface area contributed by atoms with Crippen LogP contribution in [-0.2, 0) is 11.2 Å². The first kappa shape index (κ1) is 17.7. The molecule has 0 saturated carbocycles. The number of benzene rings is 1. The third kappa shape index (κ3) is 3.74. The molecule has 0 spiro atoms. The van der Waals surface area contributed by atoms with Gasteiger partial charge in [-0.3, -0.25) is 4.79 Å². The molecule has 0 fully saturated rings. The van der Waals surface area contributed by atoms with E-state index >= 15 is 0 Å². The number of amides is 1. The molecule has 1 amide bonds. The summed E-state index contributed by atoms with van der Waals surface area (Å²) in [5, 5.41) is 7.85. The Morgan fingerprint density at radius 2 is 2.08 bits per heavy atom. The molecule has 0 N–H and O–H groups in total. The molecule has 0 bridgehead atoms. The molecule has 1 atom stereocenters. The highest BCUT2D eigenvalue weighted by atomic mass is 16.5. The van der Waals surface area contributed by atoms with Crippen LogP contribution in [0.3, 0.4) is 0 Å². The Balaban J connectivity index is 1.62. The van der Waals surface area contributed by atoms with Crippen LogP contribution in [-0.4, -0.2) is 40.3 Å². The second-order valence-corrected chi connectivity index (χ2v) is 5.82. The van der Waals surface area contributed by atoms with Crippen LogP contribution >= 0.6 is 0 Å². The summed E-state index contributed by atoms with van der Waals surface area (Å²) in [6, 6.07) is 8.99. The maximum Gasteiger partial charge on any atom is 0.227 e. The van der Waals surface area contributed by atoms with Gasteiger partial charge >= 0.3 is 0 Å². The average Bonchev–Trinajstić information content (AvgIpc) is 3.36. The van der Waals surface area contributed by atoms with Gasteiger partial charge in [-0.2, -0.15) is 4.98 Å². The number of para-hydroxylation sites is 1. The van der Waals surface area contributed by atoms with Crippen molar-refractivity contribution in [3.8, 4) is 17.1 Å². The largest absolute Gasteiger partial charge is 0.496 e. The van der Waals surface area contributed by atoms with Crippen LogP contribution in [0.15, 0.2) is 45.6 Å². The van der Waals surface area contributed by atoms with Gasteiger partial charge in [0, 0.05) is 26.0 Å². The smallest absolute Gasteiger partial charge is 0.227 e. The first-order valence-corrected chi connectivity index (χ1v) is 8.22. The minimum absolute atomic E-state index is 0.0439. The van der Waals surface area contributed by atoms with Crippen molar-refractivity contribution in [3.05, 3.63) is 48.2 Å². The second kappa shape index (κ2) is 7.81. The van der Waals surface area contributed by atoms with E-state index in [-0.39, 0.29) is 18.4 Å². The van der Waals surface area contributed by atoms with E-state index in [9.17, 15) is 4.79 Å². The molecule has 2 heterocycles. The summed E-state index contributed by atoms with van der Waals surface area (Å²) < 4.78 is 15.4. The number of aryl methyl sites for hydroxylation is 1. The Labute approximate surface area is 150 Å². The molecule has 0 radical (unpaired) electrons. The van der Waals surface area contributed by atoms with Gasteiger partial charge in [0.25, 0.3) is 0 Å². The first-order chi connectivity index (χ1) is 12.6. The number of methoxy groups -OCH3 is 1. The Hall–Kier alpha value is -3.16. The summed E-state index contributed by atoms with van der Waals surface area (Å²) in [5.41, 5.74) is 1.45. The van der Waals surface area contributed by atoms with E-state index in [0.717, 1.165) is 5.56 Å². The van der Waals surface area contributed by atoms with Crippen molar-refractivity contribution in [1.82, 2.24) is 20.2 Å². The van der Waals surface area contributed by atoms with Crippen molar-refractivity contribution < 1.29 is 18.6 Å². The second-order valence-electron chi connectivity index (χ2n) is 5.82. The fourth-order valence-corrected chi connectivity index (χ4v) is 2.54. The molecule has 2 aromatic heterocycles. The fourth-order valence-electron chi connectivity index (χ4n) is 2.54. The van der Waals surface area contributed by atoms with Gasteiger partial charge < -0.3 is 18.7 Å². The minimum atomic E-state index is -0.173. The van der Waals surface area contributed by atoms with E-state index in [0.29, 0.717) is 29.6 Å². The van der Waals surface area contributed by atoms with Gasteiger partial charge in [-0.05, 0) is 19.1 Å². The zero-order valence-electron chi connectivity index (χ0n) is 14.9. The predicted molar refractivity (Wildman–Crippen MR) is 92.3 cm³/mol. The lowest BCUT2D eigenvalue weighted by Crippen LogP contribution is -2.30. The van der Waals surface area contributed by atoms with Crippen LogP contribution in [0.25, 0.3) is 11.4 Å². The van der Waals surface area contributed by atoms with E-state index in [1.165, 1.54) is 6.26 Å². The molecule has 0 aliphatic rings.